The summed E-state index contributed by atoms with van der Waals surface area (Å²) in [4.78, 5) is 3.85. The molecule has 1 unspecified atom stereocenters. The van der Waals surface area contributed by atoms with E-state index in [-0.39, 0.29) is 0 Å². The molecule has 2 aromatic rings. The number of nitrogens with zero attached hydrogens (tertiary/aromatic N) is 1. The first-order valence-corrected chi connectivity index (χ1v) is 9.37. The summed E-state index contributed by atoms with van der Waals surface area (Å²) < 4.78 is 37.4. The highest BCUT2D eigenvalue weighted by Gasteiger charge is 2.34. The predicted octanol–water partition coefficient (Wildman–Crippen LogP) is 3.02. The number of hydrogen-bond donors (Lipinski definition) is 1. The SMILES string of the molecule is Cc1ccc(C2(c3ccc(S(N)(=O)=O)c(F)c3)C=CC=NC2)cc1C. The van der Waals surface area contributed by atoms with Crippen molar-refractivity contribution in [3.8, 4) is 0 Å². The van der Waals surface area contributed by atoms with Gasteiger partial charge < -0.3 is 0 Å². The summed E-state index contributed by atoms with van der Waals surface area (Å²) in [6.45, 7) is 4.47. The van der Waals surface area contributed by atoms with Crippen molar-refractivity contribution in [2.24, 2.45) is 10.1 Å². The number of aliphatic imine (C=N–C) groups is 1. The van der Waals surface area contributed by atoms with E-state index in [1.54, 1.807) is 12.3 Å². The molecule has 0 saturated carbocycles. The maximum Gasteiger partial charge on any atom is 0.240 e. The maximum absolute atomic E-state index is 14.4. The Hall–Kier alpha value is -2.31. The summed E-state index contributed by atoms with van der Waals surface area (Å²) >= 11 is 0. The van der Waals surface area contributed by atoms with Crippen LogP contribution in [0.15, 0.2) is 58.4 Å². The van der Waals surface area contributed by atoms with Gasteiger partial charge in [-0.25, -0.2) is 17.9 Å². The molecule has 1 aliphatic rings. The lowest BCUT2D eigenvalue weighted by Gasteiger charge is -2.32. The van der Waals surface area contributed by atoms with Crippen molar-refractivity contribution in [2.45, 2.75) is 24.2 Å². The van der Waals surface area contributed by atoms with Crippen LogP contribution in [0.2, 0.25) is 0 Å². The topological polar surface area (TPSA) is 72.5 Å². The lowest BCUT2D eigenvalue weighted by molar-refractivity contribution is 0.561. The van der Waals surface area contributed by atoms with Crippen LogP contribution in [-0.2, 0) is 15.4 Å². The van der Waals surface area contributed by atoms with Crippen LogP contribution in [0.1, 0.15) is 22.3 Å². The molecule has 6 heteroatoms. The minimum atomic E-state index is -4.10. The molecule has 1 atom stereocenters. The second-order valence-corrected chi connectivity index (χ2v) is 7.84. The van der Waals surface area contributed by atoms with Crippen LogP contribution >= 0.6 is 0 Å². The lowest BCUT2D eigenvalue weighted by Crippen LogP contribution is -2.31. The molecule has 0 radical (unpaired) electrons. The maximum atomic E-state index is 14.4. The summed E-state index contributed by atoms with van der Waals surface area (Å²) in [5.74, 6) is -0.855. The number of benzene rings is 2. The van der Waals surface area contributed by atoms with Gasteiger partial charge in [-0.3, -0.25) is 4.99 Å². The van der Waals surface area contributed by atoms with Crippen molar-refractivity contribution >= 4 is 16.2 Å². The third-order valence-corrected chi connectivity index (χ3v) is 5.63. The molecule has 3 rings (SSSR count). The Morgan fingerprint density at radius 3 is 2.32 bits per heavy atom. The van der Waals surface area contributed by atoms with Crippen LogP contribution in [0.3, 0.4) is 0 Å². The molecular formula is C19H19FN2O2S. The largest absolute Gasteiger partial charge is 0.292 e. The summed E-state index contributed by atoms with van der Waals surface area (Å²) in [7, 11) is -4.10. The number of sulfonamides is 1. The van der Waals surface area contributed by atoms with Gasteiger partial charge in [0.2, 0.25) is 10.0 Å². The number of primary sulfonamides is 1. The zero-order chi connectivity index (χ0) is 18.2. The van der Waals surface area contributed by atoms with Gasteiger partial charge in [0.15, 0.2) is 0 Å². The molecule has 1 aliphatic heterocycles. The molecule has 2 aromatic carbocycles. The molecule has 0 aliphatic carbocycles. The van der Waals surface area contributed by atoms with E-state index >= 15 is 0 Å². The van der Waals surface area contributed by atoms with Crippen LogP contribution < -0.4 is 5.14 Å². The van der Waals surface area contributed by atoms with E-state index < -0.39 is 26.2 Å². The predicted molar refractivity (Wildman–Crippen MR) is 97.0 cm³/mol. The van der Waals surface area contributed by atoms with Gasteiger partial charge in [-0.05, 0) is 54.3 Å². The van der Waals surface area contributed by atoms with E-state index in [1.165, 1.54) is 12.1 Å². The minimum absolute atomic E-state index is 0.417. The fourth-order valence-electron chi connectivity index (χ4n) is 3.09. The highest BCUT2D eigenvalue weighted by molar-refractivity contribution is 7.89. The summed E-state index contributed by atoms with van der Waals surface area (Å²) in [5, 5.41) is 5.06. The molecule has 1 heterocycles. The van der Waals surface area contributed by atoms with E-state index in [4.69, 9.17) is 5.14 Å². The summed E-state index contributed by atoms with van der Waals surface area (Å²) in [6.07, 6.45) is 5.49. The molecule has 0 aromatic heterocycles. The van der Waals surface area contributed by atoms with Crippen LogP contribution in [0.4, 0.5) is 4.39 Å². The highest BCUT2D eigenvalue weighted by atomic mass is 32.2. The van der Waals surface area contributed by atoms with Crippen LogP contribution in [-0.4, -0.2) is 21.2 Å². The Labute approximate surface area is 147 Å². The molecular weight excluding hydrogens is 339 g/mol. The zero-order valence-electron chi connectivity index (χ0n) is 14.0. The highest BCUT2D eigenvalue weighted by Crippen LogP contribution is 2.37. The van der Waals surface area contributed by atoms with Crippen molar-refractivity contribution in [3.63, 3.8) is 0 Å². The zero-order valence-corrected chi connectivity index (χ0v) is 14.8. The smallest absolute Gasteiger partial charge is 0.240 e. The molecule has 130 valence electrons. The molecule has 25 heavy (non-hydrogen) atoms. The Balaban J connectivity index is 2.20. The van der Waals surface area contributed by atoms with E-state index in [9.17, 15) is 12.8 Å². The first kappa shape index (κ1) is 17.5. The monoisotopic (exact) mass is 358 g/mol. The van der Waals surface area contributed by atoms with Crippen molar-refractivity contribution in [3.05, 3.63) is 76.6 Å². The third kappa shape index (κ3) is 3.15. The molecule has 0 amide bonds. The second-order valence-electron chi connectivity index (χ2n) is 6.31. The first-order valence-electron chi connectivity index (χ1n) is 7.82. The van der Waals surface area contributed by atoms with Gasteiger partial charge in [0.1, 0.15) is 10.7 Å². The quantitative estimate of drug-likeness (QED) is 0.916. The average molecular weight is 358 g/mol. The fraction of sp³-hybridized carbons (Fsp3) is 0.211. The van der Waals surface area contributed by atoms with Crippen LogP contribution in [0.5, 0.6) is 0 Å². The number of halogens is 1. The van der Waals surface area contributed by atoms with Gasteiger partial charge in [-0.1, -0.05) is 30.3 Å². The molecule has 4 nitrogen and oxygen atoms in total. The van der Waals surface area contributed by atoms with Crippen LogP contribution in [0.25, 0.3) is 0 Å². The first-order chi connectivity index (χ1) is 11.7. The van der Waals surface area contributed by atoms with Gasteiger partial charge in [0.05, 0.1) is 12.0 Å². The van der Waals surface area contributed by atoms with Gasteiger partial charge in [0, 0.05) is 6.21 Å². The third-order valence-electron chi connectivity index (χ3n) is 4.69. The van der Waals surface area contributed by atoms with Gasteiger partial charge in [-0.15, -0.1) is 0 Å². The Bertz CT molecular complexity index is 996. The minimum Gasteiger partial charge on any atom is -0.292 e. The summed E-state index contributed by atoms with van der Waals surface area (Å²) in [6, 6.07) is 10.1. The molecule has 0 saturated heterocycles. The van der Waals surface area contributed by atoms with E-state index in [1.807, 2.05) is 38.1 Å². The summed E-state index contributed by atoms with van der Waals surface area (Å²) in [5.41, 5.74) is 3.25. The number of aryl methyl sites for hydroxylation is 2. The molecule has 2 N–H and O–H groups in total. The number of allylic oxidation sites excluding steroid dienone is 1. The Kier molecular flexibility index (Phi) is 4.34. The van der Waals surface area contributed by atoms with Crippen molar-refractivity contribution < 1.29 is 12.8 Å². The molecule has 0 bridgehead atoms. The van der Waals surface area contributed by atoms with Crippen LogP contribution in [0, 0.1) is 19.7 Å². The number of nitrogens with two attached hydrogens (primary N) is 1. The van der Waals surface area contributed by atoms with Gasteiger partial charge in [-0.2, -0.15) is 0 Å². The van der Waals surface area contributed by atoms with Gasteiger partial charge >= 0.3 is 0 Å². The van der Waals surface area contributed by atoms with Gasteiger partial charge in [0.25, 0.3) is 0 Å². The van der Waals surface area contributed by atoms with E-state index in [0.29, 0.717) is 12.1 Å². The van der Waals surface area contributed by atoms with E-state index in [0.717, 1.165) is 16.7 Å². The molecule has 0 spiro atoms. The Morgan fingerprint density at radius 2 is 1.76 bits per heavy atom. The Morgan fingerprint density at radius 1 is 1.08 bits per heavy atom. The number of rotatable bonds is 3. The fourth-order valence-corrected chi connectivity index (χ4v) is 3.68. The number of dihydropyridines is 1. The van der Waals surface area contributed by atoms with Crippen molar-refractivity contribution in [2.75, 3.05) is 6.54 Å². The van der Waals surface area contributed by atoms with E-state index in [2.05, 4.69) is 11.1 Å². The van der Waals surface area contributed by atoms with Crippen molar-refractivity contribution in [1.29, 1.82) is 0 Å². The van der Waals surface area contributed by atoms with Crippen molar-refractivity contribution in [1.82, 2.24) is 0 Å². The standard InChI is InChI=1S/C19H19FN2O2S/c1-13-4-5-15(10-14(13)2)19(8-3-9-22-12-19)16-6-7-18(17(20)11-16)25(21,23)24/h3-11H,12H2,1-2H3,(H2,21,23,24). The second kappa shape index (κ2) is 6.20. The number of hydrogen-bond acceptors (Lipinski definition) is 3. The molecule has 0 fully saturated rings. The normalized spacial score (nSPS) is 20.0. The average Bonchev–Trinajstić information content (AvgIpc) is 2.56. The lowest BCUT2D eigenvalue weighted by atomic mass is 9.73.